The number of alkyl halides is 5. The molecule has 0 amide bonds. The Bertz CT molecular complexity index is 1000. The van der Waals surface area contributed by atoms with E-state index in [2.05, 4.69) is 17.1 Å². The number of nitrogens with zero attached hydrogens (tertiary/aromatic N) is 3. The van der Waals surface area contributed by atoms with Gasteiger partial charge in [0.25, 0.3) is 11.8 Å². The molecule has 3 rings (SSSR count). The summed E-state index contributed by atoms with van der Waals surface area (Å²) in [7, 11) is 0. The van der Waals surface area contributed by atoms with Crippen molar-refractivity contribution in [1.29, 1.82) is 0 Å². The highest BCUT2D eigenvalue weighted by atomic mass is 19.4. The fourth-order valence-electron chi connectivity index (χ4n) is 3.88. The molecule has 1 fully saturated rings. The number of rotatable bonds is 10. The summed E-state index contributed by atoms with van der Waals surface area (Å²) in [6.07, 6.45) is 0.561. The lowest BCUT2D eigenvalue weighted by atomic mass is 10.1. The van der Waals surface area contributed by atoms with Crippen molar-refractivity contribution in [3.05, 3.63) is 29.7 Å². The molecule has 1 aromatic carbocycles. The first-order chi connectivity index (χ1) is 16.0. The van der Waals surface area contributed by atoms with Gasteiger partial charge in [0.05, 0.1) is 18.6 Å². The molecular formula is C22H29F5N5O2+. The van der Waals surface area contributed by atoms with Crippen LogP contribution < -0.4 is 16.2 Å². The summed E-state index contributed by atoms with van der Waals surface area (Å²) in [6.45, 7) is 1.56. The Labute approximate surface area is 194 Å². The summed E-state index contributed by atoms with van der Waals surface area (Å²) in [4.78, 5) is 4.04. The molecule has 2 heterocycles. The van der Waals surface area contributed by atoms with Crippen LogP contribution in [0.1, 0.15) is 69.4 Å². The molecule has 1 unspecified atom stereocenters. The van der Waals surface area contributed by atoms with Gasteiger partial charge in [0, 0.05) is 5.56 Å². The van der Waals surface area contributed by atoms with Gasteiger partial charge in [0.15, 0.2) is 6.04 Å². The maximum absolute atomic E-state index is 13.9. The van der Waals surface area contributed by atoms with Gasteiger partial charge in [0.1, 0.15) is 12.3 Å². The van der Waals surface area contributed by atoms with Crippen LogP contribution in [0.5, 0.6) is 5.75 Å². The average Bonchev–Trinajstić information content (AvgIpc) is 3.37. The molecule has 1 atom stereocenters. The molecule has 0 aliphatic carbocycles. The zero-order valence-electron chi connectivity index (χ0n) is 18.9. The van der Waals surface area contributed by atoms with E-state index < -0.39 is 36.7 Å². The number of benzene rings is 1. The predicted molar refractivity (Wildman–Crippen MR) is 114 cm³/mol. The smallest absolute Gasteiger partial charge is 0.419 e. The van der Waals surface area contributed by atoms with Gasteiger partial charge < -0.3 is 9.26 Å². The molecular weight excluding hydrogens is 461 g/mol. The molecule has 7 nitrogen and oxygen atoms in total. The van der Waals surface area contributed by atoms with Crippen molar-refractivity contribution in [2.24, 2.45) is 11.5 Å². The van der Waals surface area contributed by atoms with E-state index in [0.717, 1.165) is 42.7 Å². The molecule has 1 aromatic heterocycles. The van der Waals surface area contributed by atoms with Crippen LogP contribution in [-0.4, -0.2) is 39.7 Å². The second-order valence-corrected chi connectivity index (χ2v) is 8.41. The Morgan fingerprint density at radius 2 is 1.88 bits per heavy atom. The molecule has 12 heteroatoms. The minimum atomic E-state index is -4.67. The Morgan fingerprint density at radius 1 is 1.18 bits per heavy atom. The summed E-state index contributed by atoms with van der Waals surface area (Å²) in [5.74, 6) is -4.10. The third-order valence-electron chi connectivity index (χ3n) is 5.63. The number of ether oxygens (including phenoxy) is 1. The SMILES string of the molecule is CCCCCCCCOc1ccc(-c2noc(C3CC(F)(F)C[N+]3=C(N)N)n2)cc1C(F)(F)F. The number of halogens is 5. The van der Waals surface area contributed by atoms with E-state index in [1.165, 1.54) is 12.1 Å². The molecule has 188 valence electrons. The second kappa shape index (κ2) is 10.6. The van der Waals surface area contributed by atoms with Crippen molar-refractivity contribution in [1.82, 2.24) is 10.1 Å². The molecule has 1 aliphatic heterocycles. The highest BCUT2D eigenvalue weighted by molar-refractivity contribution is 5.70. The van der Waals surface area contributed by atoms with Crippen molar-refractivity contribution in [2.45, 2.75) is 70.0 Å². The van der Waals surface area contributed by atoms with Crippen molar-refractivity contribution in [3.8, 4) is 17.1 Å². The normalized spacial score (nSPS) is 17.8. The largest absolute Gasteiger partial charge is 0.493 e. The van der Waals surface area contributed by atoms with Crippen LogP contribution in [0.25, 0.3) is 11.4 Å². The van der Waals surface area contributed by atoms with Gasteiger partial charge in [-0.3, -0.25) is 11.5 Å². The van der Waals surface area contributed by atoms with Crippen LogP contribution in [0.3, 0.4) is 0 Å². The fraction of sp³-hybridized carbons (Fsp3) is 0.591. The zero-order valence-corrected chi connectivity index (χ0v) is 18.9. The number of nitrogens with two attached hydrogens (primary N) is 2. The van der Waals surface area contributed by atoms with Crippen LogP contribution in [-0.2, 0) is 6.18 Å². The third-order valence-corrected chi connectivity index (χ3v) is 5.63. The molecule has 1 aliphatic rings. The molecule has 4 N–H and O–H groups in total. The fourth-order valence-corrected chi connectivity index (χ4v) is 3.88. The first-order valence-corrected chi connectivity index (χ1v) is 11.2. The number of hydrogen-bond acceptors (Lipinski definition) is 4. The third kappa shape index (κ3) is 6.35. The van der Waals surface area contributed by atoms with Gasteiger partial charge in [-0.15, -0.1) is 0 Å². The van der Waals surface area contributed by atoms with E-state index >= 15 is 0 Å². The maximum atomic E-state index is 13.9. The van der Waals surface area contributed by atoms with Gasteiger partial charge in [-0.1, -0.05) is 44.2 Å². The quantitative estimate of drug-likeness (QED) is 0.213. The number of guanidine groups is 1. The summed E-state index contributed by atoms with van der Waals surface area (Å²) in [6, 6.07) is 2.34. The monoisotopic (exact) mass is 490 g/mol. The standard InChI is InChI=1S/C22H28F5N5O2/c1-2-3-4-5-6-7-10-33-17-9-8-14(11-15(17)22(25,26)27)18-30-19(34-31-18)16-12-21(23,24)13-32(16)20(28)29/h8-9,11,16H,2-7,10,12-13H2,1H3,(H3,28,29)/p+1. The van der Waals surface area contributed by atoms with Gasteiger partial charge in [-0.2, -0.15) is 18.2 Å². The molecule has 34 heavy (non-hydrogen) atoms. The van der Waals surface area contributed by atoms with Gasteiger partial charge in [-0.25, -0.2) is 13.4 Å². The lowest BCUT2D eigenvalue weighted by Gasteiger charge is -2.14. The van der Waals surface area contributed by atoms with E-state index in [-0.39, 0.29) is 35.6 Å². The van der Waals surface area contributed by atoms with Crippen LogP contribution in [0.2, 0.25) is 0 Å². The van der Waals surface area contributed by atoms with Crippen LogP contribution >= 0.6 is 0 Å². The van der Waals surface area contributed by atoms with Crippen LogP contribution in [0, 0.1) is 0 Å². The molecule has 1 saturated heterocycles. The predicted octanol–water partition coefficient (Wildman–Crippen LogP) is 4.86. The van der Waals surface area contributed by atoms with Crippen LogP contribution in [0.4, 0.5) is 22.0 Å². The van der Waals surface area contributed by atoms with Crippen LogP contribution in [0.15, 0.2) is 22.7 Å². The van der Waals surface area contributed by atoms with Gasteiger partial charge in [-0.05, 0) is 24.6 Å². The van der Waals surface area contributed by atoms with E-state index in [1.807, 2.05) is 0 Å². The Kier molecular flexibility index (Phi) is 7.98. The Hall–Kier alpha value is -2.92. The Balaban J connectivity index is 1.76. The van der Waals surface area contributed by atoms with Crippen molar-refractivity contribution >= 4 is 5.96 Å². The van der Waals surface area contributed by atoms with Crippen molar-refractivity contribution < 1.29 is 35.8 Å². The van der Waals surface area contributed by atoms with Gasteiger partial charge >= 0.3 is 12.1 Å². The number of aromatic nitrogens is 2. The van der Waals surface area contributed by atoms with E-state index in [9.17, 15) is 22.0 Å². The highest BCUT2D eigenvalue weighted by Gasteiger charge is 2.49. The van der Waals surface area contributed by atoms with Gasteiger partial charge in [0.2, 0.25) is 5.82 Å². The molecule has 2 aromatic rings. The van der Waals surface area contributed by atoms with E-state index in [0.29, 0.717) is 6.42 Å². The van der Waals surface area contributed by atoms with E-state index in [4.69, 9.17) is 20.7 Å². The molecule has 0 bridgehead atoms. The summed E-state index contributed by atoms with van der Waals surface area (Å²) >= 11 is 0. The second-order valence-electron chi connectivity index (χ2n) is 8.41. The summed E-state index contributed by atoms with van der Waals surface area (Å²) < 4.78 is 80.2. The first-order valence-electron chi connectivity index (χ1n) is 11.2. The average molecular weight is 490 g/mol. The minimum absolute atomic E-state index is 0.00949. The zero-order chi connectivity index (χ0) is 24.9. The van der Waals surface area contributed by atoms with E-state index in [1.54, 1.807) is 0 Å². The number of unbranched alkanes of at least 4 members (excludes halogenated alkanes) is 5. The number of hydrogen-bond donors (Lipinski definition) is 2. The lowest BCUT2D eigenvalue weighted by Crippen LogP contribution is -2.36. The minimum Gasteiger partial charge on any atom is -0.493 e. The first kappa shape index (κ1) is 25.7. The molecule has 0 saturated carbocycles. The summed E-state index contributed by atoms with van der Waals surface area (Å²) in [5, 5.41) is 3.68. The topological polar surface area (TPSA) is 103 Å². The maximum Gasteiger partial charge on any atom is 0.419 e. The lowest BCUT2D eigenvalue weighted by molar-refractivity contribution is -0.561. The van der Waals surface area contributed by atoms with Crippen molar-refractivity contribution in [3.63, 3.8) is 0 Å². The highest BCUT2D eigenvalue weighted by Crippen LogP contribution is 2.40. The van der Waals surface area contributed by atoms with Crippen molar-refractivity contribution in [2.75, 3.05) is 13.2 Å². The summed E-state index contributed by atoms with van der Waals surface area (Å²) in [5.41, 5.74) is 10.0. The molecule has 0 radical (unpaired) electrons. The Morgan fingerprint density at radius 3 is 2.56 bits per heavy atom. The molecule has 0 spiro atoms.